The van der Waals surface area contributed by atoms with Gasteiger partial charge in [0.05, 0.1) is 10.9 Å². The van der Waals surface area contributed by atoms with Crippen molar-refractivity contribution in [2.75, 3.05) is 6.61 Å². The molecule has 2 N–H and O–H groups in total. The number of thiophene rings is 1. The molecule has 1 aromatic heterocycles. The highest BCUT2D eigenvalue weighted by Gasteiger charge is 1.97. The molecule has 0 unspecified atom stereocenters. The molecule has 0 atom stereocenters. The molecule has 0 aromatic carbocycles. The molecule has 68 valence electrons. The molecular weight excluding hydrogens is 194 g/mol. The molecule has 12 heavy (non-hydrogen) atoms. The van der Waals surface area contributed by atoms with Crippen LogP contribution in [0.15, 0.2) is 12.1 Å². The molecule has 0 aliphatic rings. The third-order valence-corrected chi connectivity index (χ3v) is 2.86. The lowest BCUT2D eigenvalue weighted by atomic mass is 10.2. The maximum Gasteiger partial charge on any atom is 0.0931 e. The van der Waals surface area contributed by atoms with E-state index in [0.717, 1.165) is 23.6 Å². The number of hydrogen-bond donors (Lipinski definition) is 1. The number of aryl methyl sites for hydroxylation is 1. The predicted molar refractivity (Wildman–Crippen MR) is 52.4 cm³/mol. The van der Waals surface area contributed by atoms with Gasteiger partial charge in [-0.25, -0.2) is 5.90 Å². The van der Waals surface area contributed by atoms with E-state index in [-0.39, 0.29) is 0 Å². The van der Waals surface area contributed by atoms with E-state index in [9.17, 15) is 0 Å². The fourth-order valence-electron chi connectivity index (χ4n) is 0.971. The highest BCUT2D eigenvalue weighted by molar-refractivity contribution is 7.16. The molecule has 0 saturated heterocycles. The molecule has 0 fully saturated rings. The Balaban J connectivity index is 2.15. The van der Waals surface area contributed by atoms with E-state index in [0.29, 0.717) is 6.61 Å². The van der Waals surface area contributed by atoms with Gasteiger partial charge in [-0.1, -0.05) is 11.6 Å². The average molecular weight is 206 g/mol. The second-order valence-corrected chi connectivity index (χ2v) is 4.33. The third kappa shape index (κ3) is 3.54. The van der Waals surface area contributed by atoms with Crippen LogP contribution in [0.2, 0.25) is 4.34 Å². The molecule has 0 amide bonds. The normalized spacial score (nSPS) is 10.5. The fraction of sp³-hybridized carbons (Fsp3) is 0.500. The maximum absolute atomic E-state index is 5.77. The van der Waals surface area contributed by atoms with Gasteiger partial charge in [0.25, 0.3) is 0 Å². The lowest BCUT2D eigenvalue weighted by molar-refractivity contribution is 0.134. The van der Waals surface area contributed by atoms with Crippen molar-refractivity contribution in [1.82, 2.24) is 0 Å². The Morgan fingerprint density at radius 1 is 1.42 bits per heavy atom. The lowest BCUT2D eigenvalue weighted by Gasteiger charge is -1.96. The van der Waals surface area contributed by atoms with Crippen molar-refractivity contribution < 1.29 is 4.84 Å². The number of nitrogens with two attached hydrogens (primary N) is 1. The molecule has 0 saturated carbocycles. The Morgan fingerprint density at radius 2 is 2.25 bits per heavy atom. The van der Waals surface area contributed by atoms with E-state index in [1.165, 1.54) is 4.88 Å². The highest BCUT2D eigenvalue weighted by Crippen LogP contribution is 2.22. The first-order valence-electron chi connectivity index (χ1n) is 3.89. The van der Waals surface area contributed by atoms with Gasteiger partial charge in [-0.3, -0.25) is 0 Å². The third-order valence-electron chi connectivity index (χ3n) is 1.56. The van der Waals surface area contributed by atoms with Crippen molar-refractivity contribution in [3.05, 3.63) is 21.3 Å². The monoisotopic (exact) mass is 205 g/mol. The summed E-state index contributed by atoms with van der Waals surface area (Å²) in [5.74, 6) is 4.89. The SMILES string of the molecule is NOCCCCc1ccc(Cl)s1. The van der Waals surface area contributed by atoms with E-state index in [1.54, 1.807) is 11.3 Å². The van der Waals surface area contributed by atoms with Crippen molar-refractivity contribution in [3.63, 3.8) is 0 Å². The van der Waals surface area contributed by atoms with Crippen LogP contribution in [-0.2, 0) is 11.3 Å². The molecule has 0 aliphatic carbocycles. The maximum atomic E-state index is 5.77. The van der Waals surface area contributed by atoms with Crippen LogP contribution < -0.4 is 5.90 Å². The van der Waals surface area contributed by atoms with Gasteiger partial charge in [0.1, 0.15) is 0 Å². The van der Waals surface area contributed by atoms with Crippen LogP contribution in [0.25, 0.3) is 0 Å². The van der Waals surface area contributed by atoms with Gasteiger partial charge in [-0.05, 0) is 31.4 Å². The molecule has 1 heterocycles. The zero-order valence-electron chi connectivity index (χ0n) is 6.75. The van der Waals surface area contributed by atoms with Gasteiger partial charge in [-0.15, -0.1) is 11.3 Å². The molecular formula is C8H12ClNOS. The number of hydrogen-bond acceptors (Lipinski definition) is 3. The first-order valence-corrected chi connectivity index (χ1v) is 5.08. The summed E-state index contributed by atoms with van der Waals surface area (Å²) in [5.41, 5.74) is 0. The summed E-state index contributed by atoms with van der Waals surface area (Å²) in [5, 5.41) is 0. The summed E-state index contributed by atoms with van der Waals surface area (Å²) < 4.78 is 0.861. The van der Waals surface area contributed by atoms with Crippen LogP contribution in [0.4, 0.5) is 0 Å². The Morgan fingerprint density at radius 3 is 2.83 bits per heavy atom. The Kier molecular flexibility index (Phi) is 4.61. The van der Waals surface area contributed by atoms with Crippen LogP contribution >= 0.6 is 22.9 Å². The molecule has 0 aliphatic heterocycles. The summed E-state index contributed by atoms with van der Waals surface area (Å²) in [4.78, 5) is 5.79. The molecule has 2 nitrogen and oxygen atoms in total. The molecule has 1 rings (SSSR count). The number of unbranched alkanes of at least 4 members (excludes halogenated alkanes) is 1. The minimum absolute atomic E-state index is 0.638. The summed E-state index contributed by atoms with van der Waals surface area (Å²) >= 11 is 7.41. The van der Waals surface area contributed by atoms with E-state index >= 15 is 0 Å². The van der Waals surface area contributed by atoms with E-state index in [1.807, 2.05) is 6.07 Å². The summed E-state index contributed by atoms with van der Waals surface area (Å²) in [6.07, 6.45) is 3.18. The second-order valence-electron chi connectivity index (χ2n) is 2.53. The first kappa shape index (κ1) is 9.99. The molecule has 0 radical (unpaired) electrons. The van der Waals surface area contributed by atoms with Crippen molar-refractivity contribution in [2.24, 2.45) is 5.90 Å². The quantitative estimate of drug-likeness (QED) is 0.593. The predicted octanol–water partition coefficient (Wildman–Crippen LogP) is 2.61. The minimum atomic E-state index is 0.638. The van der Waals surface area contributed by atoms with Gasteiger partial charge >= 0.3 is 0 Å². The molecule has 1 aromatic rings. The zero-order chi connectivity index (χ0) is 8.81. The molecule has 4 heteroatoms. The van der Waals surface area contributed by atoms with Gasteiger partial charge < -0.3 is 4.84 Å². The van der Waals surface area contributed by atoms with E-state index in [4.69, 9.17) is 17.5 Å². The Labute approximate surface area is 81.2 Å². The van der Waals surface area contributed by atoms with Crippen LogP contribution in [-0.4, -0.2) is 6.61 Å². The Hall–Kier alpha value is -0.0900. The van der Waals surface area contributed by atoms with Gasteiger partial charge in [0.2, 0.25) is 0 Å². The van der Waals surface area contributed by atoms with E-state index < -0.39 is 0 Å². The average Bonchev–Trinajstić information content (AvgIpc) is 2.45. The van der Waals surface area contributed by atoms with Gasteiger partial charge in [0.15, 0.2) is 0 Å². The van der Waals surface area contributed by atoms with Gasteiger partial charge in [0, 0.05) is 4.88 Å². The van der Waals surface area contributed by atoms with Crippen molar-refractivity contribution in [1.29, 1.82) is 0 Å². The second kappa shape index (κ2) is 5.54. The number of rotatable bonds is 5. The molecule has 0 bridgehead atoms. The van der Waals surface area contributed by atoms with Crippen LogP contribution in [0.3, 0.4) is 0 Å². The van der Waals surface area contributed by atoms with Crippen LogP contribution in [0, 0.1) is 0 Å². The fourth-order valence-corrected chi connectivity index (χ4v) is 2.10. The van der Waals surface area contributed by atoms with Crippen molar-refractivity contribution in [3.8, 4) is 0 Å². The number of halogens is 1. The first-order chi connectivity index (χ1) is 5.83. The summed E-state index contributed by atoms with van der Waals surface area (Å²) in [6, 6.07) is 4.00. The van der Waals surface area contributed by atoms with Crippen LogP contribution in [0.1, 0.15) is 17.7 Å². The lowest BCUT2D eigenvalue weighted by Crippen LogP contribution is -2.00. The highest BCUT2D eigenvalue weighted by atomic mass is 35.5. The topological polar surface area (TPSA) is 35.2 Å². The molecule has 0 spiro atoms. The smallest absolute Gasteiger partial charge is 0.0931 e. The van der Waals surface area contributed by atoms with E-state index in [2.05, 4.69) is 10.9 Å². The largest absolute Gasteiger partial charge is 0.305 e. The van der Waals surface area contributed by atoms with Crippen molar-refractivity contribution in [2.45, 2.75) is 19.3 Å². The standard InChI is InChI=1S/C8H12ClNOS/c9-8-5-4-7(12-8)3-1-2-6-11-10/h4-5H,1-3,6,10H2. The Bertz CT molecular complexity index is 227. The summed E-state index contributed by atoms with van der Waals surface area (Å²) in [6.45, 7) is 0.638. The van der Waals surface area contributed by atoms with Gasteiger partial charge in [-0.2, -0.15) is 0 Å². The minimum Gasteiger partial charge on any atom is -0.305 e. The van der Waals surface area contributed by atoms with Crippen molar-refractivity contribution >= 4 is 22.9 Å². The van der Waals surface area contributed by atoms with Crippen LogP contribution in [0.5, 0.6) is 0 Å². The summed E-state index contributed by atoms with van der Waals surface area (Å²) in [7, 11) is 0. The zero-order valence-corrected chi connectivity index (χ0v) is 8.33.